The first-order chi connectivity index (χ1) is 66.8. The number of morpholine rings is 1. The maximum Gasteiger partial charge on any atom is 0.371 e. The lowest BCUT2D eigenvalue weighted by molar-refractivity contribution is 0.0655. The molecule has 16 aromatic rings. The van der Waals surface area contributed by atoms with Gasteiger partial charge in [0, 0.05) is 138 Å². The molecular formula is C98H99F3N18O19S. The molecule has 1 aliphatic carbocycles. The Hall–Kier alpha value is -15.6. The highest BCUT2D eigenvalue weighted by atomic mass is 32.1. The Balaban J connectivity index is 0.000000121. The number of halogens is 3. The fourth-order valence-electron chi connectivity index (χ4n) is 16.4. The van der Waals surface area contributed by atoms with Crippen LogP contribution in [-0.4, -0.2) is 218 Å². The van der Waals surface area contributed by atoms with E-state index in [9.17, 15) is 41.9 Å². The number of benzene rings is 3. The van der Waals surface area contributed by atoms with E-state index in [0.717, 1.165) is 135 Å². The lowest BCUT2D eigenvalue weighted by atomic mass is 10.0. The number of carboxylic acid groups (broad SMARTS) is 6. The number of furan rings is 6. The zero-order chi connectivity index (χ0) is 98.1. The van der Waals surface area contributed by atoms with Gasteiger partial charge in [0.05, 0.1) is 29.5 Å². The quantitative estimate of drug-likeness (QED) is 0.0413. The van der Waals surface area contributed by atoms with Crippen molar-refractivity contribution in [3.8, 4) is 44.3 Å². The van der Waals surface area contributed by atoms with Gasteiger partial charge in [-0.1, -0.05) is 32.8 Å². The highest BCUT2D eigenvalue weighted by molar-refractivity contribution is 7.13. The number of hydrogen-bond donors (Lipinski definition) is 6. The first-order valence-electron chi connectivity index (χ1n) is 45.5. The molecule has 139 heavy (non-hydrogen) atoms. The van der Waals surface area contributed by atoms with Crippen LogP contribution in [0.2, 0.25) is 0 Å². The summed E-state index contributed by atoms with van der Waals surface area (Å²) in [6, 6.07) is 30.8. The number of anilines is 6. The van der Waals surface area contributed by atoms with Crippen molar-refractivity contribution >= 4 is 149 Å². The molecule has 41 heteroatoms. The van der Waals surface area contributed by atoms with Gasteiger partial charge in [0.25, 0.3) is 0 Å². The smallest absolute Gasteiger partial charge is 0.371 e. The minimum Gasteiger partial charge on any atom is -0.475 e. The molecular weight excluding hydrogens is 1820 g/mol. The van der Waals surface area contributed by atoms with Gasteiger partial charge in [-0.25, -0.2) is 71.8 Å². The number of carbonyl (C=O) groups is 6. The maximum absolute atomic E-state index is 13.3. The van der Waals surface area contributed by atoms with Crippen molar-refractivity contribution in [1.82, 2.24) is 59.8 Å². The van der Waals surface area contributed by atoms with Gasteiger partial charge >= 0.3 is 35.8 Å². The molecule has 17 heterocycles. The Bertz CT molecular complexity index is 6960. The fraction of sp³-hybridized carbons (Fsp3) is 0.347. The summed E-state index contributed by atoms with van der Waals surface area (Å²) < 4.78 is 76.9. The standard InChI is InChI=1S/C18H16FN3O3.C17H14FN3O4.C17H14FN3O3.C16H21N3O3.C15H15N3O3S.C15H19N3O3/c19-12-6-4-11(5-7-12)15-16(22-8-2-1-3-9-22)21-17-13(20-15)10-14(25-17)18(23)24;18-11-3-1-10(2-4-11)14-15(21-5-7-24-8-6-21)20-16-12(19-14)9-13(25-16)17(22)23;18-11-5-3-10(4-6-11)14-15(21-7-1-2-8-21)20-16-12(19-14)9-13(24-16)17(22)23;1-9(2)19(3)14-13(10-6-4-5-7-10)17-11-8-12(16(20)21)22-15(11)18-14;1-8(2)18(3)13-12(11-5-4-6-22-11)16-9-7-10(15(19)20)21-14(9)17-13;1-9(2)12-13(18-6-4-3-5-7-18)17-14-10(16-12)8-11(21-14)15(19)20/h4-7,10H,1-3,8-9H2,(H,23,24);1-4,9H,5-8H2,(H,22,23);3-6,9H,1-2,7-8H2,(H,22,23);8-10H,4-7H2,1-3H3,(H,20,21);4-8H,1-3H3,(H,19,20);8-9H,3-7H2,1-2H3,(H,19,20). The number of fused-ring (bicyclic) bond motifs is 6. The van der Waals surface area contributed by atoms with Crippen molar-refractivity contribution < 1.29 is 104 Å². The highest BCUT2D eigenvalue weighted by Crippen LogP contribution is 2.42. The summed E-state index contributed by atoms with van der Waals surface area (Å²) in [4.78, 5) is 135. The fourth-order valence-corrected chi connectivity index (χ4v) is 17.1. The molecule has 4 saturated heterocycles. The molecule has 0 spiro atoms. The third kappa shape index (κ3) is 22.1. The first kappa shape index (κ1) is 96.6. The van der Waals surface area contributed by atoms with E-state index in [2.05, 4.69) is 116 Å². The summed E-state index contributed by atoms with van der Waals surface area (Å²) in [5.41, 5.74) is 10.5. The lowest BCUT2D eigenvalue weighted by Crippen LogP contribution is -2.37. The van der Waals surface area contributed by atoms with Gasteiger partial charge in [0.1, 0.15) is 73.3 Å². The van der Waals surface area contributed by atoms with Crippen LogP contribution in [0.1, 0.15) is 205 Å². The van der Waals surface area contributed by atoms with Crippen molar-refractivity contribution in [2.24, 2.45) is 0 Å². The second-order valence-corrected chi connectivity index (χ2v) is 35.5. The number of aromatic carboxylic acids is 6. The van der Waals surface area contributed by atoms with Crippen LogP contribution in [0.25, 0.3) is 112 Å². The summed E-state index contributed by atoms with van der Waals surface area (Å²) in [7, 11) is 3.92. The second-order valence-electron chi connectivity index (χ2n) is 34.5. The minimum absolute atomic E-state index is 0.114. The molecule has 5 fully saturated rings. The van der Waals surface area contributed by atoms with Crippen LogP contribution in [0.4, 0.5) is 48.1 Å². The van der Waals surface area contributed by atoms with E-state index in [0.29, 0.717) is 123 Å². The van der Waals surface area contributed by atoms with Crippen molar-refractivity contribution in [1.29, 1.82) is 0 Å². The molecule has 0 amide bonds. The lowest BCUT2D eigenvalue weighted by Gasteiger charge is -2.29. The Morgan fingerprint density at radius 2 is 0.647 bits per heavy atom. The molecule has 722 valence electrons. The molecule has 0 atom stereocenters. The minimum atomic E-state index is -1.18. The highest BCUT2D eigenvalue weighted by Gasteiger charge is 2.32. The molecule has 21 rings (SSSR count). The summed E-state index contributed by atoms with van der Waals surface area (Å²) in [6.45, 7) is 20.1. The van der Waals surface area contributed by atoms with Gasteiger partial charge in [-0.2, -0.15) is 29.9 Å². The van der Waals surface area contributed by atoms with Crippen molar-refractivity contribution in [2.45, 2.75) is 143 Å². The summed E-state index contributed by atoms with van der Waals surface area (Å²) >= 11 is 1.56. The Morgan fingerprint density at radius 1 is 0.353 bits per heavy atom. The van der Waals surface area contributed by atoms with Crippen LogP contribution >= 0.6 is 11.3 Å². The van der Waals surface area contributed by atoms with Crippen LogP contribution in [0, 0.1) is 17.5 Å². The summed E-state index contributed by atoms with van der Waals surface area (Å²) in [5.74, 6) is -4.05. The number of thiophene rings is 1. The largest absolute Gasteiger partial charge is 0.475 e. The van der Waals surface area contributed by atoms with E-state index in [1.165, 1.54) is 98.5 Å². The van der Waals surface area contributed by atoms with Crippen molar-refractivity contribution in [3.05, 3.63) is 190 Å². The Kier molecular flexibility index (Phi) is 29.4. The van der Waals surface area contributed by atoms with Crippen molar-refractivity contribution in [2.75, 3.05) is 109 Å². The van der Waals surface area contributed by atoms with Gasteiger partial charge in [-0.15, -0.1) is 11.3 Å². The molecule has 0 radical (unpaired) electrons. The number of nitrogens with zero attached hydrogens (tertiary/aromatic N) is 18. The molecule has 37 nitrogen and oxygen atoms in total. The van der Waals surface area contributed by atoms with E-state index in [1.807, 2.05) is 41.4 Å². The topological polar surface area (TPSA) is 486 Å². The molecule has 0 bridgehead atoms. The zero-order valence-corrected chi connectivity index (χ0v) is 77.9. The number of aromatic nitrogens is 12. The van der Waals surface area contributed by atoms with E-state index in [-0.39, 0.29) is 92.9 Å². The van der Waals surface area contributed by atoms with Gasteiger partial charge in [-0.3, -0.25) is 0 Å². The van der Waals surface area contributed by atoms with Crippen LogP contribution in [0.5, 0.6) is 0 Å². The van der Waals surface area contributed by atoms with E-state index >= 15 is 0 Å². The number of rotatable bonds is 20. The summed E-state index contributed by atoms with van der Waals surface area (Å²) in [6.07, 6.45) is 13.6. The van der Waals surface area contributed by atoms with Crippen LogP contribution < -0.4 is 29.4 Å². The first-order valence-corrected chi connectivity index (χ1v) is 46.4. The van der Waals surface area contributed by atoms with Gasteiger partial charge in [0.2, 0.25) is 68.8 Å². The zero-order valence-electron chi connectivity index (χ0n) is 77.1. The monoisotopic (exact) mass is 1920 g/mol. The Labute approximate surface area is 795 Å². The van der Waals surface area contributed by atoms with Gasteiger partial charge in [-0.05, 0) is 182 Å². The predicted octanol–water partition coefficient (Wildman–Crippen LogP) is 19.6. The Morgan fingerprint density at radius 3 is 0.978 bits per heavy atom. The average Bonchev–Trinajstić information content (AvgIpc) is 1.66. The van der Waals surface area contributed by atoms with E-state index < -0.39 is 35.8 Å². The third-order valence-corrected chi connectivity index (χ3v) is 24.9. The van der Waals surface area contributed by atoms with Gasteiger partial charge < -0.3 is 91.3 Å². The molecule has 13 aromatic heterocycles. The third-order valence-electron chi connectivity index (χ3n) is 24.0. The molecule has 4 aliphatic heterocycles. The molecule has 3 aromatic carbocycles. The number of carboxylic acids is 6. The van der Waals surface area contributed by atoms with Crippen LogP contribution in [0.3, 0.4) is 0 Å². The second kappa shape index (κ2) is 42.4. The SMILES string of the molecule is CC(C)N(C)c1nc2oc(C(=O)O)cc2nc1-c1cccs1.CC(C)N(C)c1nc2oc(C(=O)O)cc2nc1C1CCCC1.CC(C)c1nc2cc(C(=O)O)oc2nc1N1CCCCC1.O=C(O)c1cc2nc(-c3ccc(F)cc3)c(N3CCCC3)nc2o1.O=C(O)c1cc2nc(-c3ccc(F)cc3)c(N3CCCCC3)nc2o1.O=C(O)c1cc2nc(-c3ccc(F)cc3)c(N3CCOCC3)nc2o1. The normalized spacial score (nSPS) is 14.5. The van der Waals surface area contributed by atoms with Crippen LogP contribution in [0.15, 0.2) is 153 Å². The van der Waals surface area contributed by atoms with Gasteiger partial charge in [0.15, 0.2) is 34.9 Å². The van der Waals surface area contributed by atoms with E-state index in [4.69, 9.17) is 66.9 Å². The number of piperidine rings is 2. The predicted molar refractivity (Wildman–Crippen MR) is 511 cm³/mol. The van der Waals surface area contributed by atoms with Crippen LogP contribution in [-0.2, 0) is 4.74 Å². The number of ether oxygens (including phenoxy) is 1. The molecule has 1 saturated carbocycles. The molecule has 5 aliphatic rings. The average molecular weight is 1920 g/mol. The number of hydrogen-bond acceptors (Lipinski definition) is 32. The molecule has 6 N–H and O–H groups in total. The summed E-state index contributed by atoms with van der Waals surface area (Å²) in [5, 5.41) is 56.4. The molecule has 0 unspecified atom stereocenters. The maximum atomic E-state index is 13.3. The van der Waals surface area contributed by atoms with Crippen molar-refractivity contribution in [3.63, 3.8) is 0 Å². The van der Waals surface area contributed by atoms with E-state index in [1.54, 1.807) is 47.7 Å².